The maximum atomic E-state index is 12.2. The quantitative estimate of drug-likeness (QED) is 0.0211. The molecular weight excluding hydrogens is 661 g/mol. The molecular formula is C38H70NO10P. The van der Waals surface area contributed by atoms with E-state index < -0.39 is 57.6 Å². The smallest absolute Gasteiger partial charge is 0.472 e. The lowest BCUT2D eigenvalue weighted by Gasteiger charge is -2.18. The maximum Gasteiger partial charge on any atom is 0.472 e. The molecule has 0 rings (SSSR count). The number of allylic oxidation sites excluding steroid dienone is 4. The van der Waals surface area contributed by atoms with Crippen molar-refractivity contribution in [2.45, 2.75) is 180 Å². The minimum absolute atomic E-state index is 0.147. The molecule has 4 N–H and O–H groups in total. The molecule has 0 bridgehead atoms. The Morgan fingerprint density at radius 1 is 0.640 bits per heavy atom. The Kier molecular flexibility index (Phi) is 32.7. The summed E-state index contributed by atoms with van der Waals surface area (Å²) in [5.74, 6) is -2.39. The van der Waals surface area contributed by atoms with Crippen LogP contribution in [0, 0.1) is 0 Å². The summed E-state index contributed by atoms with van der Waals surface area (Å²) >= 11 is 0. The van der Waals surface area contributed by atoms with Gasteiger partial charge in [0.05, 0.1) is 13.2 Å². The van der Waals surface area contributed by atoms with E-state index in [1.165, 1.54) is 70.6 Å². The fourth-order valence-corrected chi connectivity index (χ4v) is 5.94. The largest absolute Gasteiger partial charge is 0.480 e. The number of rotatable bonds is 36. The second-order valence-electron chi connectivity index (χ2n) is 13.1. The molecule has 292 valence electrons. The van der Waals surface area contributed by atoms with Crippen LogP contribution in [0.15, 0.2) is 24.3 Å². The predicted octanol–water partition coefficient (Wildman–Crippen LogP) is 9.11. The number of amides is 1. The van der Waals surface area contributed by atoms with Gasteiger partial charge in [0.25, 0.3) is 0 Å². The van der Waals surface area contributed by atoms with Crippen LogP contribution < -0.4 is 5.32 Å². The number of hydrogen-bond acceptors (Lipinski definition) is 8. The fourth-order valence-electron chi connectivity index (χ4n) is 5.17. The zero-order valence-corrected chi connectivity index (χ0v) is 32.1. The van der Waals surface area contributed by atoms with Gasteiger partial charge in [-0.1, -0.05) is 134 Å². The zero-order valence-electron chi connectivity index (χ0n) is 31.2. The van der Waals surface area contributed by atoms with Crippen molar-refractivity contribution < 1.29 is 47.8 Å². The predicted molar refractivity (Wildman–Crippen MR) is 199 cm³/mol. The van der Waals surface area contributed by atoms with Crippen LogP contribution in [0.3, 0.4) is 0 Å². The van der Waals surface area contributed by atoms with Crippen LogP contribution in [-0.4, -0.2) is 64.9 Å². The number of carbonyl (C=O) groups is 3. The molecule has 50 heavy (non-hydrogen) atoms. The molecule has 1 amide bonds. The Hall–Kier alpha value is -2.04. The number of phosphoric ester groups is 1. The van der Waals surface area contributed by atoms with Gasteiger partial charge in [0, 0.05) is 12.8 Å². The van der Waals surface area contributed by atoms with Crippen molar-refractivity contribution in [2.75, 3.05) is 19.8 Å². The lowest BCUT2D eigenvalue weighted by Crippen LogP contribution is -2.43. The third-order valence-corrected chi connectivity index (χ3v) is 9.19. The molecule has 0 aromatic heterocycles. The summed E-state index contributed by atoms with van der Waals surface area (Å²) < 4.78 is 26.7. The highest BCUT2D eigenvalue weighted by atomic mass is 31.2. The average Bonchev–Trinajstić information content (AvgIpc) is 3.08. The third kappa shape index (κ3) is 33.1. The lowest BCUT2D eigenvalue weighted by atomic mass is 10.1. The minimum atomic E-state index is -4.75. The van der Waals surface area contributed by atoms with E-state index in [2.05, 4.69) is 43.5 Å². The summed E-state index contributed by atoms with van der Waals surface area (Å²) in [5.41, 5.74) is 0. The van der Waals surface area contributed by atoms with E-state index in [0.717, 1.165) is 57.8 Å². The Bertz CT molecular complexity index is 958. The van der Waals surface area contributed by atoms with E-state index in [0.29, 0.717) is 12.8 Å². The first-order valence-corrected chi connectivity index (χ1v) is 20.9. The van der Waals surface area contributed by atoms with Crippen molar-refractivity contribution in [3.63, 3.8) is 0 Å². The maximum absolute atomic E-state index is 12.2. The topological polar surface area (TPSA) is 169 Å². The molecule has 0 aromatic carbocycles. The first-order valence-electron chi connectivity index (χ1n) is 19.4. The summed E-state index contributed by atoms with van der Waals surface area (Å²) in [5, 5.41) is 21.7. The standard InChI is InChI=1S/C38H70NO10P/c1-3-5-7-9-11-13-15-16-17-18-19-20-22-24-26-28-30-37(42)47-31-34(40)32-48-50(45,46)49-33-35(38(43)44)39-36(41)29-27-25-23-21-14-12-10-8-6-4-2/h13,15,17-18,34-35,40H,3-12,14,16,19-33H2,1-2H3,(H,39,41)(H,43,44)(H,45,46)/b15-13-,18-17-. The summed E-state index contributed by atoms with van der Waals surface area (Å²) in [6, 6.07) is -1.54. The molecule has 0 radical (unpaired) electrons. The van der Waals surface area contributed by atoms with Crippen molar-refractivity contribution in [1.82, 2.24) is 5.32 Å². The summed E-state index contributed by atoms with van der Waals surface area (Å²) in [7, 11) is -4.75. The van der Waals surface area contributed by atoms with Crippen molar-refractivity contribution in [3.05, 3.63) is 24.3 Å². The minimum Gasteiger partial charge on any atom is -0.480 e. The Morgan fingerprint density at radius 3 is 1.64 bits per heavy atom. The number of aliphatic hydroxyl groups is 1. The van der Waals surface area contributed by atoms with Crippen LogP contribution >= 0.6 is 7.82 Å². The molecule has 0 heterocycles. The highest BCUT2D eigenvalue weighted by Crippen LogP contribution is 2.43. The van der Waals surface area contributed by atoms with Crippen molar-refractivity contribution >= 4 is 25.7 Å². The zero-order chi connectivity index (χ0) is 37.1. The van der Waals surface area contributed by atoms with Crippen molar-refractivity contribution in [3.8, 4) is 0 Å². The van der Waals surface area contributed by atoms with Gasteiger partial charge in [-0.2, -0.15) is 0 Å². The van der Waals surface area contributed by atoms with Gasteiger partial charge in [-0.15, -0.1) is 0 Å². The van der Waals surface area contributed by atoms with E-state index >= 15 is 0 Å². The Labute approximate surface area is 302 Å². The number of unbranched alkanes of at least 4 members (excludes halogenated alkanes) is 18. The lowest BCUT2D eigenvalue weighted by molar-refractivity contribution is -0.147. The van der Waals surface area contributed by atoms with Crippen LogP contribution in [0.4, 0.5) is 0 Å². The molecule has 3 unspecified atom stereocenters. The van der Waals surface area contributed by atoms with Crippen LogP contribution in [0.1, 0.15) is 168 Å². The summed E-state index contributed by atoms with van der Waals surface area (Å²) in [6.45, 7) is 2.52. The molecule has 11 nitrogen and oxygen atoms in total. The van der Waals surface area contributed by atoms with E-state index in [4.69, 9.17) is 13.8 Å². The second-order valence-corrected chi connectivity index (χ2v) is 14.6. The Balaban J connectivity index is 3.95. The van der Waals surface area contributed by atoms with Crippen LogP contribution in [0.5, 0.6) is 0 Å². The number of carboxylic acids is 1. The van der Waals surface area contributed by atoms with E-state index in [-0.39, 0.29) is 12.8 Å². The fraction of sp³-hybridized carbons (Fsp3) is 0.816. The summed E-state index contributed by atoms with van der Waals surface area (Å²) in [4.78, 5) is 45.6. The number of esters is 1. The average molecular weight is 732 g/mol. The second kappa shape index (κ2) is 34.1. The van der Waals surface area contributed by atoms with Gasteiger partial charge in [0.15, 0.2) is 6.04 Å². The SMILES string of the molecule is CCCCCC/C=C\C/C=C\CCCCCCCC(=O)OCC(O)COP(=O)(O)OCC(NC(=O)CCCCCCCCCCCC)C(=O)O. The first kappa shape index (κ1) is 48.0. The third-order valence-electron chi connectivity index (χ3n) is 8.24. The van der Waals surface area contributed by atoms with E-state index in [9.17, 15) is 34.1 Å². The van der Waals surface area contributed by atoms with Gasteiger partial charge >= 0.3 is 19.8 Å². The van der Waals surface area contributed by atoms with Gasteiger partial charge in [0.1, 0.15) is 12.7 Å². The number of aliphatic carboxylic acids is 1. The molecule has 0 aromatic rings. The molecule has 0 saturated heterocycles. The number of hydrogen-bond donors (Lipinski definition) is 4. The van der Waals surface area contributed by atoms with Gasteiger partial charge in [-0.3, -0.25) is 18.6 Å². The summed E-state index contributed by atoms with van der Waals surface area (Å²) in [6.07, 6.45) is 32.1. The number of ether oxygens (including phenoxy) is 1. The monoisotopic (exact) mass is 731 g/mol. The van der Waals surface area contributed by atoms with Gasteiger partial charge < -0.3 is 25.2 Å². The Morgan fingerprint density at radius 2 is 1.10 bits per heavy atom. The highest BCUT2D eigenvalue weighted by molar-refractivity contribution is 7.47. The van der Waals surface area contributed by atoms with Crippen LogP contribution in [0.25, 0.3) is 0 Å². The molecule has 12 heteroatoms. The van der Waals surface area contributed by atoms with Crippen LogP contribution in [0.2, 0.25) is 0 Å². The van der Waals surface area contributed by atoms with E-state index in [1.54, 1.807) is 0 Å². The molecule has 3 atom stereocenters. The first-order chi connectivity index (χ1) is 24.1. The molecule has 0 fully saturated rings. The van der Waals surface area contributed by atoms with Gasteiger partial charge in [0.2, 0.25) is 5.91 Å². The number of carboxylic acid groups (broad SMARTS) is 1. The number of phosphoric acid groups is 1. The normalized spacial score (nSPS) is 14.2. The number of aliphatic hydroxyl groups excluding tert-OH is 1. The number of nitrogens with one attached hydrogen (secondary N) is 1. The van der Waals surface area contributed by atoms with Crippen LogP contribution in [-0.2, 0) is 32.7 Å². The molecule has 0 saturated carbocycles. The molecule has 0 aliphatic rings. The van der Waals surface area contributed by atoms with E-state index in [1.807, 2.05) is 0 Å². The molecule has 0 aliphatic carbocycles. The number of carbonyl (C=O) groups excluding carboxylic acids is 2. The van der Waals surface area contributed by atoms with Crippen molar-refractivity contribution in [1.29, 1.82) is 0 Å². The van der Waals surface area contributed by atoms with Gasteiger partial charge in [-0.25, -0.2) is 9.36 Å². The van der Waals surface area contributed by atoms with Gasteiger partial charge in [-0.05, 0) is 44.9 Å². The molecule has 0 aliphatic heterocycles. The van der Waals surface area contributed by atoms with Crippen molar-refractivity contribution in [2.24, 2.45) is 0 Å². The molecule has 0 spiro atoms. The highest BCUT2D eigenvalue weighted by Gasteiger charge is 2.28.